The van der Waals surface area contributed by atoms with E-state index in [0.717, 1.165) is 48.5 Å². The normalized spacial score (nSPS) is 22.4. The summed E-state index contributed by atoms with van der Waals surface area (Å²) in [4.78, 5) is 14.5. The number of piperazine rings is 1. The Morgan fingerprint density at radius 3 is 3.06 bits per heavy atom. The van der Waals surface area contributed by atoms with Crippen LogP contribution in [0.4, 0.5) is 0 Å². The van der Waals surface area contributed by atoms with Gasteiger partial charge in [0.2, 0.25) is 0 Å². The second kappa shape index (κ2) is 4.28. The average molecular weight is 246 g/mol. The van der Waals surface area contributed by atoms with Gasteiger partial charge in [0.25, 0.3) is 5.91 Å². The molecule has 1 N–H and O–H groups in total. The van der Waals surface area contributed by atoms with Gasteiger partial charge in [0.15, 0.2) is 0 Å². The largest absolute Gasteiger partial charge is 0.496 e. The molecular formula is C14H18N2O2. The lowest BCUT2D eigenvalue weighted by molar-refractivity contribution is 0.0604. The maximum absolute atomic E-state index is 12.5. The second-order valence-corrected chi connectivity index (χ2v) is 5.00. The quantitative estimate of drug-likeness (QED) is 0.803. The van der Waals surface area contributed by atoms with E-state index < -0.39 is 0 Å². The Kier molecular flexibility index (Phi) is 2.74. The Bertz CT molecular complexity index is 499. The van der Waals surface area contributed by atoms with Crippen molar-refractivity contribution in [3.8, 4) is 5.75 Å². The number of hydrogen-bond acceptors (Lipinski definition) is 3. The number of aryl methyl sites for hydroxylation is 1. The Morgan fingerprint density at radius 2 is 2.28 bits per heavy atom. The van der Waals surface area contributed by atoms with E-state index in [9.17, 15) is 4.79 Å². The maximum Gasteiger partial charge on any atom is 0.254 e. The Balaban J connectivity index is 2.09. The summed E-state index contributed by atoms with van der Waals surface area (Å²) in [7, 11) is 1.68. The molecule has 0 bridgehead atoms. The smallest absolute Gasteiger partial charge is 0.254 e. The first-order valence-electron chi connectivity index (χ1n) is 6.40. The van der Waals surface area contributed by atoms with E-state index in [1.807, 2.05) is 24.0 Å². The van der Waals surface area contributed by atoms with Crippen LogP contribution in [0.15, 0.2) is 12.1 Å². The van der Waals surface area contributed by atoms with Gasteiger partial charge >= 0.3 is 0 Å². The molecular weight excluding hydrogens is 228 g/mol. The minimum absolute atomic E-state index is 0.154. The van der Waals surface area contributed by atoms with Crippen LogP contribution in [0.25, 0.3) is 0 Å². The van der Waals surface area contributed by atoms with Crippen LogP contribution in [-0.4, -0.2) is 43.6 Å². The van der Waals surface area contributed by atoms with Crippen LogP contribution < -0.4 is 10.1 Å². The topological polar surface area (TPSA) is 41.6 Å². The van der Waals surface area contributed by atoms with Crippen molar-refractivity contribution in [2.45, 2.75) is 19.4 Å². The number of hydrogen-bond donors (Lipinski definition) is 1. The van der Waals surface area contributed by atoms with Gasteiger partial charge in [-0.15, -0.1) is 0 Å². The maximum atomic E-state index is 12.5. The van der Waals surface area contributed by atoms with E-state index in [2.05, 4.69) is 5.32 Å². The number of carbonyl (C=O) groups is 1. The van der Waals surface area contributed by atoms with Crippen LogP contribution in [0, 0.1) is 6.92 Å². The molecule has 18 heavy (non-hydrogen) atoms. The SMILES string of the molecule is COc1c(C)ccc2c1C[C@@H]1CNCCN1C2=O. The van der Waals surface area contributed by atoms with Crippen LogP contribution in [0.1, 0.15) is 21.5 Å². The first kappa shape index (κ1) is 11.5. The highest BCUT2D eigenvalue weighted by Crippen LogP contribution is 2.33. The molecule has 4 heteroatoms. The predicted molar refractivity (Wildman–Crippen MR) is 69.1 cm³/mol. The number of amides is 1. The lowest BCUT2D eigenvalue weighted by Crippen LogP contribution is -2.56. The molecule has 4 nitrogen and oxygen atoms in total. The minimum atomic E-state index is 0.154. The number of carbonyl (C=O) groups excluding carboxylic acids is 1. The standard InChI is InChI=1S/C14H18N2O2/c1-9-3-4-11-12(13(9)18-2)7-10-8-15-5-6-16(10)14(11)17/h3-4,10,15H,5-8H2,1-2H3/t10-/m1/s1. The lowest BCUT2D eigenvalue weighted by Gasteiger charge is -2.40. The van der Waals surface area contributed by atoms with Crippen molar-refractivity contribution in [2.75, 3.05) is 26.7 Å². The highest BCUT2D eigenvalue weighted by molar-refractivity contribution is 5.98. The average Bonchev–Trinajstić information content (AvgIpc) is 2.39. The molecule has 1 aromatic rings. The molecule has 1 atom stereocenters. The summed E-state index contributed by atoms with van der Waals surface area (Å²) in [6, 6.07) is 4.18. The van der Waals surface area contributed by atoms with E-state index >= 15 is 0 Å². The van der Waals surface area contributed by atoms with Crippen molar-refractivity contribution < 1.29 is 9.53 Å². The van der Waals surface area contributed by atoms with Crippen molar-refractivity contribution in [1.82, 2.24) is 10.2 Å². The van der Waals surface area contributed by atoms with Crippen LogP contribution in [0.3, 0.4) is 0 Å². The molecule has 0 spiro atoms. The van der Waals surface area contributed by atoms with Gasteiger partial charge in [-0.25, -0.2) is 0 Å². The van der Waals surface area contributed by atoms with Crippen molar-refractivity contribution >= 4 is 5.91 Å². The van der Waals surface area contributed by atoms with E-state index in [1.165, 1.54) is 0 Å². The van der Waals surface area contributed by atoms with Gasteiger partial charge in [-0.2, -0.15) is 0 Å². The molecule has 1 aromatic carbocycles. The molecule has 1 fully saturated rings. The first-order valence-corrected chi connectivity index (χ1v) is 6.40. The molecule has 2 aliphatic heterocycles. The molecule has 0 aliphatic carbocycles. The zero-order valence-corrected chi connectivity index (χ0v) is 10.8. The van der Waals surface area contributed by atoms with E-state index in [4.69, 9.17) is 4.74 Å². The number of ether oxygens (including phenoxy) is 1. The Labute approximate surface area is 107 Å². The monoisotopic (exact) mass is 246 g/mol. The fourth-order valence-corrected chi connectivity index (χ4v) is 3.03. The van der Waals surface area contributed by atoms with E-state index in [1.54, 1.807) is 7.11 Å². The molecule has 0 unspecified atom stereocenters. The lowest BCUT2D eigenvalue weighted by atomic mass is 9.90. The van der Waals surface area contributed by atoms with Crippen molar-refractivity contribution in [2.24, 2.45) is 0 Å². The number of fused-ring (bicyclic) bond motifs is 2. The molecule has 0 aromatic heterocycles. The highest BCUT2D eigenvalue weighted by Gasteiger charge is 2.35. The summed E-state index contributed by atoms with van der Waals surface area (Å²) in [6.07, 6.45) is 0.888. The fourth-order valence-electron chi connectivity index (χ4n) is 3.03. The summed E-state index contributed by atoms with van der Waals surface area (Å²) in [6.45, 7) is 4.59. The van der Waals surface area contributed by atoms with E-state index in [-0.39, 0.29) is 11.9 Å². The van der Waals surface area contributed by atoms with Gasteiger partial charge in [-0.05, 0) is 25.0 Å². The van der Waals surface area contributed by atoms with Gasteiger partial charge in [-0.1, -0.05) is 6.07 Å². The van der Waals surface area contributed by atoms with Crippen LogP contribution >= 0.6 is 0 Å². The Hall–Kier alpha value is -1.55. The fraction of sp³-hybridized carbons (Fsp3) is 0.500. The first-order chi connectivity index (χ1) is 8.72. The zero-order valence-electron chi connectivity index (χ0n) is 10.8. The van der Waals surface area contributed by atoms with Gasteiger partial charge in [0, 0.05) is 36.8 Å². The third-order valence-electron chi connectivity index (χ3n) is 3.94. The zero-order chi connectivity index (χ0) is 12.7. The molecule has 0 radical (unpaired) electrons. The highest BCUT2D eigenvalue weighted by atomic mass is 16.5. The summed E-state index contributed by atoms with van der Waals surface area (Å²) < 4.78 is 5.48. The number of methoxy groups -OCH3 is 1. The van der Waals surface area contributed by atoms with Crippen LogP contribution in [-0.2, 0) is 6.42 Å². The number of rotatable bonds is 1. The summed E-state index contributed by atoms with van der Waals surface area (Å²) >= 11 is 0. The molecule has 1 amide bonds. The molecule has 1 saturated heterocycles. The van der Waals surface area contributed by atoms with Gasteiger partial charge in [-0.3, -0.25) is 4.79 Å². The predicted octanol–water partition coefficient (Wildman–Crippen LogP) is 0.974. The van der Waals surface area contributed by atoms with Gasteiger partial charge in [0.1, 0.15) is 5.75 Å². The Morgan fingerprint density at radius 1 is 1.44 bits per heavy atom. The number of nitrogens with zero attached hydrogens (tertiary/aromatic N) is 1. The van der Waals surface area contributed by atoms with Crippen molar-refractivity contribution in [3.05, 3.63) is 28.8 Å². The van der Waals surface area contributed by atoms with Gasteiger partial charge in [0.05, 0.1) is 7.11 Å². The minimum Gasteiger partial charge on any atom is -0.496 e. The second-order valence-electron chi connectivity index (χ2n) is 5.00. The molecule has 0 saturated carbocycles. The molecule has 3 rings (SSSR count). The third-order valence-corrected chi connectivity index (χ3v) is 3.94. The summed E-state index contributed by atoms with van der Waals surface area (Å²) in [5.41, 5.74) is 2.99. The molecule has 2 aliphatic rings. The van der Waals surface area contributed by atoms with E-state index in [0.29, 0.717) is 0 Å². The van der Waals surface area contributed by atoms with Gasteiger partial charge < -0.3 is 15.0 Å². The molecule has 96 valence electrons. The summed E-state index contributed by atoms with van der Waals surface area (Å²) in [5, 5.41) is 3.35. The third kappa shape index (κ3) is 1.60. The number of nitrogens with one attached hydrogen (secondary N) is 1. The summed E-state index contributed by atoms with van der Waals surface area (Å²) in [5.74, 6) is 1.03. The van der Waals surface area contributed by atoms with Crippen molar-refractivity contribution in [3.63, 3.8) is 0 Å². The van der Waals surface area contributed by atoms with Crippen LogP contribution in [0.2, 0.25) is 0 Å². The van der Waals surface area contributed by atoms with Crippen LogP contribution in [0.5, 0.6) is 5.75 Å². The number of benzene rings is 1. The molecule has 2 heterocycles. The van der Waals surface area contributed by atoms with Crippen molar-refractivity contribution in [1.29, 1.82) is 0 Å².